The van der Waals surface area contributed by atoms with E-state index in [9.17, 15) is 4.79 Å². The standard InChI is InChI=1S/C13H10N2OS/c16-13(14-10-5-6-17-8-10)12-7-9-3-1-2-4-11(9)15-12/h1-8,15H,(H,14,16). The Bertz CT molecular complexity index is 622. The summed E-state index contributed by atoms with van der Waals surface area (Å²) in [6.07, 6.45) is 0. The van der Waals surface area contributed by atoms with Gasteiger partial charge >= 0.3 is 0 Å². The van der Waals surface area contributed by atoms with Crippen LogP contribution in [0.1, 0.15) is 10.5 Å². The van der Waals surface area contributed by atoms with E-state index in [1.54, 1.807) is 11.3 Å². The molecule has 0 aliphatic carbocycles. The van der Waals surface area contributed by atoms with Crippen LogP contribution < -0.4 is 5.32 Å². The molecule has 0 saturated heterocycles. The second-order valence-corrected chi connectivity index (χ2v) is 4.52. The van der Waals surface area contributed by atoms with Gasteiger partial charge in [0, 0.05) is 16.3 Å². The van der Waals surface area contributed by atoms with E-state index in [0.717, 1.165) is 16.6 Å². The van der Waals surface area contributed by atoms with E-state index >= 15 is 0 Å². The van der Waals surface area contributed by atoms with E-state index in [-0.39, 0.29) is 5.91 Å². The lowest BCUT2D eigenvalue weighted by Crippen LogP contribution is -2.11. The number of aromatic amines is 1. The minimum Gasteiger partial charge on any atom is -0.351 e. The lowest BCUT2D eigenvalue weighted by atomic mass is 10.2. The van der Waals surface area contributed by atoms with Crippen molar-refractivity contribution in [2.24, 2.45) is 0 Å². The SMILES string of the molecule is O=C(Nc1ccsc1)c1cc2ccccc2[nH]1. The number of thiophene rings is 1. The summed E-state index contributed by atoms with van der Waals surface area (Å²) in [5, 5.41) is 7.72. The number of aromatic nitrogens is 1. The van der Waals surface area contributed by atoms with Crippen LogP contribution in [-0.4, -0.2) is 10.9 Å². The molecule has 17 heavy (non-hydrogen) atoms. The number of carbonyl (C=O) groups is 1. The molecule has 2 N–H and O–H groups in total. The Morgan fingerprint density at radius 1 is 1.24 bits per heavy atom. The van der Waals surface area contributed by atoms with E-state index in [1.807, 2.05) is 47.2 Å². The van der Waals surface area contributed by atoms with Gasteiger partial charge in [-0.15, -0.1) is 0 Å². The number of fused-ring (bicyclic) bond motifs is 1. The number of rotatable bonds is 2. The molecule has 0 fully saturated rings. The van der Waals surface area contributed by atoms with E-state index in [1.165, 1.54) is 0 Å². The summed E-state index contributed by atoms with van der Waals surface area (Å²) < 4.78 is 0. The zero-order chi connectivity index (χ0) is 11.7. The normalized spacial score (nSPS) is 10.6. The predicted molar refractivity (Wildman–Crippen MR) is 70.6 cm³/mol. The highest BCUT2D eigenvalue weighted by Gasteiger charge is 2.09. The first-order chi connectivity index (χ1) is 8.33. The Hall–Kier alpha value is -2.07. The first kappa shape index (κ1) is 10.1. The summed E-state index contributed by atoms with van der Waals surface area (Å²) in [7, 11) is 0. The van der Waals surface area contributed by atoms with Crippen LogP contribution in [0.25, 0.3) is 10.9 Å². The Labute approximate surface area is 102 Å². The molecular weight excluding hydrogens is 232 g/mol. The third-order valence-corrected chi connectivity index (χ3v) is 3.24. The van der Waals surface area contributed by atoms with Crippen molar-refractivity contribution in [3.05, 3.63) is 52.9 Å². The molecule has 0 spiro atoms. The Balaban J connectivity index is 1.90. The quantitative estimate of drug-likeness (QED) is 0.710. The van der Waals surface area contributed by atoms with Crippen molar-refractivity contribution in [1.82, 2.24) is 4.98 Å². The van der Waals surface area contributed by atoms with Gasteiger partial charge in [0.15, 0.2) is 0 Å². The Morgan fingerprint density at radius 3 is 2.88 bits per heavy atom. The average molecular weight is 242 g/mol. The number of hydrogen-bond acceptors (Lipinski definition) is 2. The van der Waals surface area contributed by atoms with Crippen molar-refractivity contribution < 1.29 is 4.79 Å². The van der Waals surface area contributed by atoms with Crippen molar-refractivity contribution in [2.45, 2.75) is 0 Å². The predicted octanol–water partition coefficient (Wildman–Crippen LogP) is 3.48. The molecule has 3 nitrogen and oxygen atoms in total. The first-order valence-electron chi connectivity index (χ1n) is 5.24. The monoisotopic (exact) mass is 242 g/mol. The third kappa shape index (κ3) is 1.94. The van der Waals surface area contributed by atoms with Gasteiger partial charge in [0.05, 0.1) is 5.69 Å². The summed E-state index contributed by atoms with van der Waals surface area (Å²) in [6.45, 7) is 0. The maximum absolute atomic E-state index is 11.9. The van der Waals surface area contributed by atoms with Crippen LogP contribution in [0.3, 0.4) is 0 Å². The summed E-state index contributed by atoms with van der Waals surface area (Å²) in [4.78, 5) is 15.0. The van der Waals surface area contributed by atoms with Crippen molar-refractivity contribution >= 4 is 33.8 Å². The highest BCUT2D eigenvalue weighted by Crippen LogP contribution is 2.17. The van der Waals surface area contributed by atoms with Gasteiger partial charge < -0.3 is 10.3 Å². The van der Waals surface area contributed by atoms with Crippen molar-refractivity contribution in [1.29, 1.82) is 0 Å². The van der Waals surface area contributed by atoms with Gasteiger partial charge in [0.2, 0.25) is 0 Å². The zero-order valence-electron chi connectivity index (χ0n) is 8.94. The Kier molecular flexibility index (Phi) is 2.42. The van der Waals surface area contributed by atoms with Crippen molar-refractivity contribution in [2.75, 3.05) is 5.32 Å². The summed E-state index contributed by atoms with van der Waals surface area (Å²) in [6, 6.07) is 11.6. The number of benzene rings is 1. The number of hydrogen-bond donors (Lipinski definition) is 2. The van der Waals surface area contributed by atoms with Crippen LogP contribution in [0.5, 0.6) is 0 Å². The maximum Gasteiger partial charge on any atom is 0.272 e. The van der Waals surface area contributed by atoms with Gasteiger partial charge in [-0.25, -0.2) is 0 Å². The molecule has 4 heteroatoms. The summed E-state index contributed by atoms with van der Waals surface area (Å²) in [5.74, 6) is -0.111. The third-order valence-electron chi connectivity index (χ3n) is 2.55. The van der Waals surface area contributed by atoms with E-state index < -0.39 is 0 Å². The van der Waals surface area contributed by atoms with Crippen LogP contribution in [0.2, 0.25) is 0 Å². The molecule has 84 valence electrons. The van der Waals surface area contributed by atoms with Crippen LogP contribution in [0.4, 0.5) is 5.69 Å². The number of nitrogens with one attached hydrogen (secondary N) is 2. The molecule has 0 bridgehead atoms. The molecule has 0 atom stereocenters. The molecule has 0 aliphatic heterocycles. The van der Waals surface area contributed by atoms with E-state index in [2.05, 4.69) is 10.3 Å². The second kappa shape index (κ2) is 4.07. The molecule has 0 radical (unpaired) electrons. The van der Waals surface area contributed by atoms with Crippen molar-refractivity contribution in [3.63, 3.8) is 0 Å². The molecule has 0 unspecified atom stereocenters. The van der Waals surface area contributed by atoms with Gasteiger partial charge in [0.1, 0.15) is 5.69 Å². The molecule has 1 aromatic carbocycles. The Morgan fingerprint density at radius 2 is 2.12 bits per heavy atom. The highest BCUT2D eigenvalue weighted by atomic mass is 32.1. The minimum absolute atomic E-state index is 0.111. The van der Waals surface area contributed by atoms with Gasteiger partial charge in [-0.1, -0.05) is 18.2 Å². The van der Waals surface area contributed by atoms with Crippen LogP contribution in [0, 0.1) is 0 Å². The van der Waals surface area contributed by atoms with Gasteiger partial charge in [-0.3, -0.25) is 4.79 Å². The molecule has 2 aromatic heterocycles. The number of carbonyl (C=O) groups excluding carboxylic acids is 1. The molecule has 3 rings (SSSR count). The average Bonchev–Trinajstić information content (AvgIpc) is 2.96. The fourth-order valence-corrected chi connectivity index (χ4v) is 2.32. The topological polar surface area (TPSA) is 44.9 Å². The summed E-state index contributed by atoms with van der Waals surface area (Å²) >= 11 is 1.56. The van der Waals surface area contributed by atoms with Crippen LogP contribution in [0.15, 0.2) is 47.2 Å². The first-order valence-corrected chi connectivity index (χ1v) is 6.18. The fourth-order valence-electron chi connectivity index (χ4n) is 1.73. The smallest absolute Gasteiger partial charge is 0.272 e. The maximum atomic E-state index is 11.9. The largest absolute Gasteiger partial charge is 0.351 e. The van der Waals surface area contributed by atoms with Gasteiger partial charge in [-0.2, -0.15) is 11.3 Å². The number of amides is 1. The van der Waals surface area contributed by atoms with Gasteiger partial charge in [-0.05, 0) is 23.6 Å². The molecule has 1 amide bonds. The van der Waals surface area contributed by atoms with Gasteiger partial charge in [0.25, 0.3) is 5.91 Å². The number of anilines is 1. The highest BCUT2D eigenvalue weighted by molar-refractivity contribution is 7.08. The summed E-state index contributed by atoms with van der Waals surface area (Å²) in [5.41, 5.74) is 2.39. The molecule has 0 saturated carbocycles. The van der Waals surface area contributed by atoms with Crippen LogP contribution in [-0.2, 0) is 0 Å². The molecule has 0 aliphatic rings. The van der Waals surface area contributed by atoms with Crippen molar-refractivity contribution in [3.8, 4) is 0 Å². The number of H-pyrrole nitrogens is 1. The minimum atomic E-state index is -0.111. The van der Waals surface area contributed by atoms with E-state index in [0.29, 0.717) is 5.69 Å². The zero-order valence-corrected chi connectivity index (χ0v) is 9.75. The molecule has 2 heterocycles. The fraction of sp³-hybridized carbons (Fsp3) is 0. The lowest BCUT2D eigenvalue weighted by Gasteiger charge is -1.99. The van der Waals surface area contributed by atoms with Crippen LogP contribution >= 0.6 is 11.3 Å². The molecular formula is C13H10N2OS. The number of para-hydroxylation sites is 1. The lowest BCUT2D eigenvalue weighted by molar-refractivity contribution is 0.102. The van der Waals surface area contributed by atoms with E-state index in [4.69, 9.17) is 0 Å². The molecule has 3 aromatic rings. The second-order valence-electron chi connectivity index (χ2n) is 3.74.